The van der Waals surface area contributed by atoms with E-state index in [-0.39, 0.29) is 11.9 Å². The van der Waals surface area contributed by atoms with Gasteiger partial charge in [-0.3, -0.25) is 9.69 Å². The number of amides is 1. The molecule has 5 nitrogen and oxygen atoms in total. The molecule has 112 valence electrons. The second-order valence-corrected chi connectivity index (χ2v) is 5.68. The van der Waals surface area contributed by atoms with Crippen LogP contribution in [-0.2, 0) is 4.79 Å². The number of hydrogen-bond donors (Lipinski definition) is 1. The number of carbonyl (C=O) groups excluding carboxylic acids is 1. The normalized spacial score (nSPS) is 21.5. The Hall–Kier alpha value is -1.90. The highest BCUT2D eigenvalue weighted by atomic mass is 16.2. The second kappa shape index (κ2) is 6.70. The van der Waals surface area contributed by atoms with Gasteiger partial charge in [0.15, 0.2) is 0 Å². The van der Waals surface area contributed by atoms with Crippen molar-refractivity contribution < 1.29 is 4.79 Å². The van der Waals surface area contributed by atoms with Crippen molar-refractivity contribution in [1.29, 1.82) is 5.26 Å². The molecular weight excluding hydrogens is 264 g/mol. The summed E-state index contributed by atoms with van der Waals surface area (Å²) in [6.45, 7) is 6.87. The van der Waals surface area contributed by atoms with Crippen LogP contribution in [-0.4, -0.2) is 54.5 Å². The van der Waals surface area contributed by atoms with E-state index in [9.17, 15) is 4.79 Å². The Kier molecular flexibility index (Phi) is 4.94. The second-order valence-electron chi connectivity index (χ2n) is 5.68. The van der Waals surface area contributed by atoms with Crippen molar-refractivity contribution in [2.45, 2.75) is 25.9 Å². The summed E-state index contributed by atoms with van der Waals surface area (Å²) in [6.07, 6.45) is 0. The van der Waals surface area contributed by atoms with E-state index in [4.69, 9.17) is 5.26 Å². The number of nitrogens with zero attached hydrogens (tertiary/aromatic N) is 3. The van der Waals surface area contributed by atoms with Crippen LogP contribution in [0.2, 0.25) is 0 Å². The van der Waals surface area contributed by atoms with Crippen molar-refractivity contribution in [1.82, 2.24) is 9.80 Å². The standard InChI is InChI=1S/C16H22N4O/c1-12-11-20(8-7-19(12)3)13(2)16(21)18-15-6-4-5-14(9-15)10-17/h4-6,9,12-13H,7-8,11H2,1-3H3,(H,18,21). The van der Waals surface area contributed by atoms with Gasteiger partial charge in [0.25, 0.3) is 0 Å². The number of anilines is 1. The average molecular weight is 286 g/mol. The lowest BCUT2D eigenvalue weighted by Crippen LogP contribution is -2.55. The van der Waals surface area contributed by atoms with Gasteiger partial charge in [-0.05, 0) is 39.1 Å². The third-order valence-electron chi connectivity index (χ3n) is 4.18. The maximum Gasteiger partial charge on any atom is 0.241 e. The largest absolute Gasteiger partial charge is 0.325 e. The Labute approximate surface area is 126 Å². The lowest BCUT2D eigenvalue weighted by atomic mass is 10.1. The van der Waals surface area contributed by atoms with E-state index in [0.29, 0.717) is 17.3 Å². The van der Waals surface area contributed by atoms with E-state index in [1.165, 1.54) is 0 Å². The molecule has 0 bridgehead atoms. The first-order chi connectivity index (χ1) is 10.0. The van der Waals surface area contributed by atoms with Crippen molar-refractivity contribution in [3.8, 4) is 6.07 Å². The zero-order valence-electron chi connectivity index (χ0n) is 12.8. The number of hydrogen-bond acceptors (Lipinski definition) is 4. The molecule has 1 aromatic rings. The van der Waals surface area contributed by atoms with Crippen molar-refractivity contribution >= 4 is 11.6 Å². The van der Waals surface area contributed by atoms with Crippen LogP contribution >= 0.6 is 0 Å². The minimum Gasteiger partial charge on any atom is -0.325 e. The number of nitriles is 1. The maximum atomic E-state index is 12.4. The van der Waals surface area contributed by atoms with Crippen LogP contribution in [0.5, 0.6) is 0 Å². The molecule has 1 saturated heterocycles. The minimum absolute atomic E-state index is 0.0261. The van der Waals surface area contributed by atoms with Crippen LogP contribution in [0.3, 0.4) is 0 Å². The molecule has 0 spiro atoms. The molecule has 1 aromatic carbocycles. The predicted molar refractivity (Wildman–Crippen MR) is 82.9 cm³/mol. The molecule has 0 saturated carbocycles. The summed E-state index contributed by atoms with van der Waals surface area (Å²) in [5.41, 5.74) is 1.22. The topological polar surface area (TPSA) is 59.4 Å². The third kappa shape index (κ3) is 3.81. The lowest BCUT2D eigenvalue weighted by Gasteiger charge is -2.40. The minimum atomic E-state index is -0.174. The summed E-state index contributed by atoms with van der Waals surface area (Å²) < 4.78 is 0. The molecule has 1 N–H and O–H groups in total. The summed E-state index contributed by atoms with van der Waals surface area (Å²) in [7, 11) is 2.11. The molecular formula is C16H22N4O. The number of nitrogens with one attached hydrogen (secondary N) is 1. The number of rotatable bonds is 3. The highest BCUT2D eigenvalue weighted by Gasteiger charge is 2.27. The van der Waals surface area contributed by atoms with Crippen LogP contribution in [0.4, 0.5) is 5.69 Å². The fraction of sp³-hybridized carbons (Fsp3) is 0.500. The number of likely N-dealkylation sites (N-methyl/N-ethyl adjacent to an activating group) is 1. The zero-order chi connectivity index (χ0) is 15.4. The van der Waals surface area contributed by atoms with E-state index in [1.807, 2.05) is 6.92 Å². The highest BCUT2D eigenvalue weighted by molar-refractivity contribution is 5.94. The molecule has 1 aliphatic heterocycles. The summed E-state index contributed by atoms with van der Waals surface area (Å²) in [5, 5.41) is 11.8. The summed E-state index contributed by atoms with van der Waals surface area (Å²) in [6, 6.07) is 9.35. The summed E-state index contributed by atoms with van der Waals surface area (Å²) in [4.78, 5) is 16.9. The Morgan fingerprint density at radius 1 is 1.48 bits per heavy atom. The molecule has 2 unspecified atom stereocenters. The fourth-order valence-corrected chi connectivity index (χ4v) is 2.51. The van der Waals surface area contributed by atoms with Gasteiger partial charge in [-0.2, -0.15) is 5.26 Å². The molecule has 5 heteroatoms. The lowest BCUT2D eigenvalue weighted by molar-refractivity contribution is -0.121. The SMILES string of the molecule is CC1CN(C(C)C(=O)Nc2cccc(C#N)c2)CCN1C. The van der Waals surface area contributed by atoms with Crippen molar-refractivity contribution in [3.05, 3.63) is 29.8 Å². The predicted octanol–water partition coefficient (Wildman–Crippen LogP) is 1.52. The molecule has 1 heterocycles. The molecule has 2 atom stereocenters. The van der Waals surface area contributed by atoms with Gasteiger partial charge >= 0.3 is 0 Å². The van der Waals surface area contributed by atoms with Gasteiger partial charge in [0.2, 0.25) is 5.91 Å². The van der Waals surface area contributed by atoms with E-state index >= 15 is 0 Å². The number of benzene rings is 1. The van der Waals surface area contributed by atoms with Gasteiger partial charge < -0.3 is 10.2 Å². The molecule has 21 heavy (non-hydrogen) atoms. The Bertz CT molecular complexity index is 551. The molecule has 0 aliphatic carbocycles. The van der Waals surface area contributed by atoms with Crippen LogP contribution in [0.1, 0.15) is 19.4 Å². The van der Waals surface area contributed by atoms with Gasteiger partial charge in [0.05, 0.1) is 17.7 Å². The molecule has 0 aromatic heterocycles. The first-order valence-corrected chi connectivity index (χ1v) is 7.26. The summed E-state index contributed by atoms with van der Waals surface area (Å²) in [5.74, 6) is -0.0261. The van der Waals surface area contributed by atoms with Crippen LogP contribution < -0.4 is 5.32 Å². The van der Waals surface area contributed by atoms with E-state index in [1.54, 1.807) is 24.3 Å². The van der Waals surface area contributed by atoms with Gasteiger partial charge in [0.1, 0.15) is 0 Å². The first-order valence-electron chi connectivity index (χ1n) is 7.26. The number of piperazine rings is 1. The van der Waals surface area contributed by atoms with Gasteiger partial charge in [0, 0.05) is 31.4 Å². The monoisotopic (exact) mass is 286 g/mol. The van der Waals surface area contributed by atoms with Crippen LogP contribution in [0, 0.1) is 11.3 Å². The van der Waals surface area contributed by atoms with Crippen LogP contribution in [0.25, 0.3) is 0 Å². The fourth-order valence-electron chi connectivity index (χ4n) is 2.51. The smallest absolute Gasteiger partial charge is 0.241 e. The summed E-state index contributed by atoms with van der Waals surface area (Å²) >= 11 is 0. The van der Waals surface area contributed by atoms with Crippen molar-refractivity contribution in [3.63, 3.8) is 0 Å². The molecule has 1 amide bonds. The van der Waals surface area contributed by atoms with Gasteiger partial charge in [-0.1, -0.05) is 6.07 Å². The molecule has 1 fully saturated rings. The first kappa shape index (κ1) is 15.5. The van der Waals surface area contributed by atoms with Crippen LogP contribution in [0.15, 0.2) is 24.3 Å². The Balaban J connectivity index is 1.98. The zero-order valence-corrected chi connectivity index (χ0v) is 12.8. The van der Waals surface area contributed by atoms with Crippen molar-refractivity contribution in [2.75, 3.05) is 32.0 Å². The van der Waals surface area contributed by atoms with E-state index in [2.05, 4.69) is 35.2 Å². The Morgan fingerprint density at radius 2 is 2.24 bits per heavy atom. The average Bonchev–Trinajstić information content (AvgIpc) is 2.49. The van der Waals surface area contributed by atoms with E-state index in [0.717, 1.165) is 19.6 Å². The Morgan fingerprint density at radius 3 is 2.90 bits per heavy atom. The van der Waals surface area contributed by atoms with E-state index < -0.39 is 0 Å². The third-order valence-corrected chi connectivity index (χ3v) is 4.18. The quantitative estimate of drug-likeness (QED) is 0.915. The van der Waals surface area contributed by atoms with Crippen molar-refractivity contribution in [2.24, 2.45) is 0 Å². The molecule has 1 aliphatic rings. The maximum absolute atomic E-state index is 12.4. The molecule has 0 radical (unpaired) electrons. The highest BCUT2D eigenvalue weighted by Crippen LogP contribution is 2.14. The number of carbonyl (C=O) groups is 1. The molecule has 2 rings (SSSR count). The van der Waals surface area contributed by atoms with Gasteiger partial charge in [-0.25, -0.2) is 0 Å². The van der Waals surface area contributed by atoms with Gasteiger partial charge in [-0.15, -0.1) is 0 Å².